The molecule has 2 rings (SSSR count). The largest absolute Gasteiger partial charge is 0.241 e. The molecule has 6 heteroatoms. The van der Waals surface area contributed by atoms with E-state index in [1.807, 2.05) is 24.4 Å². The predicted octanol–water partition coefficient (Wildman–Crippen LogP) is 3.68. The van der Waals surface area contributed by atoms with Crippen LogP contribution in [0.5, 0.6) is 0 Å². The van der Waals surface area contributed by atoms with Crippen LogP contribution in [-0.2, 0) is 15.4 Å². The Labute approximate surface area is 125 Å². The van der Waals surface area contributed by atoms with Gasteiger partial charge in [-0.3, -0.25) is 0 Å². The summed E-state index contributed by atoms with van der Waals surface area (Å²) in [6, 6.07) is 10.5. The maximum atomic E-state index is 12.2. The first kappa shape index (κ1) is 14.7. The van der Waals surface area contributed by atoms with Crippen molar-refractivity contribution in [2.24, 2.45) is 0 Å². The lowest BCUT2D eigenvalue weighted by atomic mass is 10.2. The fourth-order valence-corrected chi connectivity index (χ4v) is 4.06. The molecule has 0 aliphatic rings. The Kier molecular flexibility index (Phi) is 4.78. The molecule has 0 radical (unpaired) electrons. The van der Waals surface area contributed by atoms with Crippen LogP contribution in [-0.4, -0.2) is 8.42 Å². The molecule has 0 aliphatic heterocycles. The quantitative estimate of drug-likeness (QED) is 0.827. The second kappa shape index (κ2) is 6.17. The van der Waals surface area contributed by atoms with E-state index in [1.165, 1.54) is 11.3 Å². The van der Waals surface area contributed by atoms with Gasteiger partial charge in [0.05, 0.1) is 10.9 Å². The Morgan fingerprint density at radius 1 is 1.26 bits per heavy atom. The van der Waals surface area contributed by atoms with E-state index in [0.29, 0.717) is 10.2 Å². The average Bonchev–Trinajstić information content (AvgIpc) is 2.92. The van der Waals surface area contributed by atoms with Crippen LogP contribution < -0.4 is 4.72 Å². The molecule has 1 heterocycles. The van der Waals surface area contributed by atoms with Gasteiger partial charge in [0.25, 0.3) is 0 Å². The lowest BCUT2D eigenvalue weighted by molar-refractivity contribution is 0.568. The molecule has 0 aliphatic carbocycles. The van der Waals surface area contributed by atoms with Crippen LogP contribution in [0, 0.1) is 0 Å². The molecule has 0 spiro atoms. The Morgan fingerprint density at radius 3 is 2.47 bits per heavy atom. The molecule has 19 heavy (non-hydrogen) atoms. The molecule has 2 aromatic rings. The van der Waals surface area contributed by atoms with Gasteiger partial charge in [-0.05, 0) is 36.1 Å². The van der Waals surface area contributed by atoms with E-state index < -0.39 is 10.0 Å². The molecule has 0 bridgehead atoms. The van der Waals surface area contributed by atoms with Crippen LogP contribution in [0.4, 0.5) is 0 Å². The number of rotatable bonds is 5. The molecule has 1 unspecified atom stereocenters. The summed E-state index contributed by atoms with van der Waals surface area (Å²) in [4.78, 5) is 1.29. The van der Waals surface area contributed by atoms with Crippen LogP contribution in [0.15, 0.2) is 46.7 Å². The van der Waals surface area contributed by atoms with E-state index in [2.05, 4.69) is 20.7 Å². The molecule has 1 aromatic carbocycles. The monoisotopic (exact) mass is 359 g/mol. The van der Waals surface area contributed by atoms with Crippen molar-refractivity contribution in [2.75, 3.05) is 0 Å². The highest BCUT2D eigenvalue weighted by molar-refractivity contribution is 9.08. The first-order valence-electron chi connectivity index (χ1n) is 5.73. The van der Waals surface area contributed by atoms with Gasteiger partial charge in [-0.15, -0.1) is 11.3 Å². The van der Waals surface area contributed by atoms with Gasteiger partial charge < -0.3 is 0 Å². The highest BCUT2D eigenvalue weighted by Crippen LogP contribution is 2.21. The van der Waals surface area contributed by atoms with Crippen molar-refractivity contribution < 1.29 is 8.42 Å². The number of alkyl halides is 1. The first-order chi connectivity index (χ1) is 9.03. The van der Waals surface area contributed by atoms with Crippen molar-refractivity contribution in [3.05, 3.63) is 52.2 Å². The third-order valence-corrected chi connectivity index (χ3v) is 5.95. The lowest BCUT2D eigenvalue weighted by Gasteiger charge is -2.13. The maximum Gasteiger partial charge on any atom is 0.241 e. The third kappa shape index (κ3) is 3.66. The molecule has 1 atom stereocenters. The third-order valence-electron chi connectivity index (χ3n) is 2.69. The van der Waals surface area contributed by atoms with E-state index in [0.717, 1.165) is 10.4 Å². The number of hydrogen-bond acceptors (Lipinski definition) is 3. The Hall–Kier alpha value is -0.690. The summed E-state index contributed by atoms with van der Waals surface area (Å²) in [5.74, 6) is 0. The zero-order valence-corrected chi connectivity index (χ0v) is 13.6. The second-order valence-corrected chi connectivity index (χ2v) is 7.39. The van der Waals surface area contributed by atoms with Gasteiger partial charge in [0, 0.05) is 10.2 Å². The fraction of sp³-hybridized carbons (Fsp3) is 0.231. The van der Waals surface area contributed by atoms with Gasteiger partial charge in [0.2, 0.25) is 10.0 Å². The topological polar surface area (TPSA) is 46.2 Å². The van der Waals surface area contributed by atoms with Crippen LogP contribution in [0.2, 0.25) is 0 Å². The summed E-state index contributed by atoms with van der Waals surface area (Å²) in [5, 5.41) is 2.65. The molecule has 0 saturated heterocycles. The van der Waals surface area contributed by atoms with Crippen molar-refractivity contribution in [1.82, 2.24) is 4.72 Å². The van der Waals surface area contributed by atoms with Gasteiger partial charge >= 0.3 is 0 Å². The van der Waals surface area contributed by atoms with Crippen molar-refractivity contribution in [1.29, 1.82) is 0 Å². The minimum absolute atomic E-state index is 0.221. The molecule has 0 saturated carbocycles. The van der Waals surface area contributed by atoms with E-state index >= 15 is 0 Å². The van der Waals surface area contributed by atoms with Crippen molar-refractivity contribution in [3.63, 3.8) is 0 Å². The molecule has 3 nitrogen and oxygen atoms in total. The van der Waals surface area contributed by atoms with E-state index in [-0.39, 0.29) is 6.04 Å². The Bertz CT molecular complexity index is 621. The minimum Gasteiger partial charge on any atom is -0.207 e. The number of thiophene rings is 1. The second-order valence-electron chi connectivity index (χ2n) is 4.14. The maximum absolute atomic E-state index is 12.2. The zero-order chi connectivity index (χ0) is 13.9. The van der Waals surface area contributed by atoms with Crippen LogP contribution in [0.3, 0.4) is 0 Å². The van der Waals surface area contributed by atoms with Crippen molar-refractivity contribution in [3.8, 4) is 0 Å². The standard InChI is InChI=1S/C13H14BrNO2S2/c1-10(13-3-2-8-18-13)15-19(16,17)12-6-4-11(9-14)5-7-12/h2-8,10,15H,9H2,1H3. The van der Waals surface area contributed by atoms with E-state index in [1.54, 1.807) is 24.3 Å². The SMILES string of the molecule is CC(NS(=O)(=O)c1ccc(CBr)cc1)c1cccs1. The molecule has 1 aromatic heterocycles. The van der Waals surface area contributed by atoms with E-state index in [4.69, 9.17) is 0 Å². The highest BCUT2D eigenvalue weighted by atomic mass is 79.9. The molecule has 1 N–H and O–H groups in total. The summed E-state index contributed by atoms with van der Waals surface area (Å²) in [6.07, 6.45) is 0. The first-order valence-corrected chi connectivity index (χ1v) is 9.22. The number of benzene rings is 1. The van der Waals surface area contributed by atoms with Crippen molar-refractivity contribution in [2.45, 2.75) is 23.2 Å². The Morgan fingerprint density at radius 2 is 1.95 bits per heavy atom. The molecule has 0 amide bonds. The molecule has 0 fully saturated rings. The molecular weight excluding hydrogens is 346 g/mol. The van der Waals surface area contributed by atoms with Crippen LogP contribution in [0.25, 0.3) is 0 Å². The molecule has 102 valence electrons. The normalized spacial score (nSPS) is 13.4. The summed E-state index contributed by atoms with van der Waals surface area (Å²) in [5.41, 5.74) is 1.05. The van der Waals surface area contributed by atoms with Crippen LogP contribution in [0.1, 0.15) is 23.4 Å². The number of hydrogen-bond donors (Lipinski definition) is 1. The number of nitrogens with one attached hydrogen (secondary N) is 1. The van der Waals surface area contributed by atoms with Gasteiger partial charge in [-0.1, -0.05) is 34.1 Å². The number of sulfonamides is 1. The van der Waals surface area contributed by atoms with Crippen molar-refractivity contribution >= 4 is 37.3 Å². The van der Waals surface area contributed by atoms with Crippen LogP contribution >= 0.6 is 27.3 Å². The van der Waals surface area contributed by atoms with E-state index in [9.17, 15) is 8.42 Å². The number of halogens is 1. The predicted molar refractivity (Wildman–Crippen MR) is 82.1 cm³/mol. The van der Waals surface area contributed by atoms with Gasteiger partial charge in [-0.2, -0.15) is 0 Å². The summed E-state index contributed by atoms with van der Waals surface area (Å²) >= 11 is 4.88. The van der Waals surface area contributed by atoms with Gasteiger partial charge in [0.15, 0.2) is 0 Å². The smallest absolute Gasteiger partial charge is 0.207 e. The summed E-state index contributed by atoms with van der Waals surface area (Å²) in [6.45, 7) is 1.84. The highest BCUT2D eigenvalue weighted by Gasteiger charge is 2.18. The van der Waals surface area contributed by atoms with Gasteiger partial charge in [0.1, 0.15) is 0 Å². The Balaban J connectivity index is 2.17. The average molecular weight is 360 g/mol. The minimum atomic E-state index is -3.47. The zero-order valence-electron chi connectivity index (χ0n) is 10.3. The molecular formula is C13H14BrNO2S2. The van der Waals surface area contributed by atoms with Gasteiger partial charge in [-0.25, -0.2) is 13.1 Å². The lowest BCUT2D eigenvalue weighted by Crippen LogP contribution is -2.26. The summed E-state index contributed by atoms with van der Waals surface area (Å²) < 4.78 is 27.1. The summed E-state index contributed by atoms with van der Waals surface area (Å²) in [7, 11) is -3.47. The fourth-order valence-electron chi connectivity index (χ4n) is 1.65.